The van der Waals surface area contributed by atoms with Crippen molar-refractivity contribution in [3.8, 4) is 0 Å². The largest absolute Gasteiger partial charge is 0.490 e. The van der Waals surface area contributed by atoms with Crippen LogP contribution >= 0.6 is 0 Å². The molecule has 38 heavy (non-hydrogen) atoms. The number of anilines is 1. The van der Waals surface area contributed by atoms with Gasteiger partial charge in [0.25, 0.3) is 0 Å². The highest BCUT2D eigenvalue weighted by atomic mass is 19.4. The summed E-state index contributed by atoms with van der Waals surface area (Å²) in [6.45, 7) is 7.94. The Hall–Kier alpha value is -3.40. The number of carboxylic acids is 2. The van der Waals surface area contributed by atoms with E-state index in [4.69, 9.17) is 24.5 Å². The van der Waals surface area contributed by atoms with Crippen LogP contribution in [0.1, 0.15) is 12.5 Å². The molecule has 2 aliphatic heterocycles. The van der Waals surface area contributed by atoms with E-state index in [-0.39, 0.29) is 0 Å². The molecule has 0 spiro atoms. The van der Waals surface area contributed by atoms with Crippen molar-refractivity contribution in [2.24, 2.45) is 11.8 Å². The zero-order chi connectivity index (χ0) is 28.5. The fraction of sp³-hybridized carbons (Fsp3) is 0.545. The highest BCUT2D eigenvalue weighted by Crippen LogP contribution is 2.34. The Labute approximate surface area is 213 Å². The topological polar surface area (TPSA) is 130 Å². The summed E-state index contributed by atoms with van der Waals surface area (Å²) in [4.78, 5) is 24.6. The minimum Gasteiger partial charge on any atom is -0.475 e. The number of ether oxygens (including phenoxy) is 1. The van der Waals surface area contributed by atoms with Gasteiger partial charge in [-0.05, 0) is 19.1 Å². The van der Waals surface area contributed by atoms with Crippen LogP contribution in [-0.4, -0.2) is 86.5 Å². The van der Waals surface area contributed by atoms with E-state index in [0.29, 0.717) is 17.9 Å². The number of aliphatic carboxylic acids is 2. The van der Waals surface area contributed by atoms with Gasteiger partial charge in [0.2, 0.25) is 0 Å². The Morgan fingerprint density at radius 3 is 2.24 bits per heavy atom. The molecule has 2 fully saturated rings. The number of alkyl halides is 6. The monoisotopic (exact) mass is 555 g/mol. The van der Waals surface area contributed by atoms with Crippen molar-refractivity contribution in [1.29, 1.82) is 0 Å². The Morgan fingerprint density at radius 2 is 1.74 bits per heavy atom. The van der Waals surface area contributed by atoms with E-state index in [9.17, 15) is 26.3 Å². The van der Waals surface area contributed by atoms with Crippen LogP contribution in [0.5, 0.6) is 0 Å². The minimum atomic E-state index is -5.08. The first-order chi connectivity index (χ1) is 17.7. The van der Waals surface area contributed by atoms with Gasteiger partial charge in [0.05, 0.1) is 18.9 Å². The summed E-state index contributed by atoms with van der Waals surface area (Å²) in [5.41, 5.74) is 1.29. The SMILES string of the molecule is CCn1cc(CN2C[C@@H]3[C@@H](CNc4ccccn4)CO[C@@H]3C2)cn1.O=C(O)C(F)(F)F.O=C(O)C(F)(F)F. The maximum Gasteiger partial charge on any atom is 0.490 e. The van der Waals surface area contributed by atoms with Crippen molar-refractivity contribution in [1.82, 2.24) is 19.7 Å². The standard InChI is InChI=1S/C18H25N5O.2C2HF3O2/c1-2-23-10-14(7-21-23)9-22-11-16-15(13-24-17(16)12-22)8-20-18-5-3-4-6-19-18;2*3-2(4,5)1(6)7/h3-7,10,15-17H,2,8-9,11-13H2,1H3,(H,19,20);2*(H,6,7)/t15-,16+,17+;;/m0../s1. The molecule has 0 bridgehead atoms. The molecule has 16 heteroatoms. The zero-order valence-corrected chi connectivity index (χ0v) is 20.1. The number of nitrogens with one attached hydrogen (secondary N) is 1. The van der Waals surface area contributed by atoms with Crippen LogP contribution in [0, 0.1) is 11.8 Å². The van der Waals surface area contributed by atoms with Gasteiger partial charge in [0, 0.05) is 62.5 Å². The summed E-state index contributed by atoms with van der Waals surface area (Å²) >= 11 is 0. The van der Waals surface area contributed by atoms with Crippen molar-refractivity contribution in [3.05, 3.63) is 42.4 Å². The number of pyridine rings is 1. The van der Waals surface area contributed by atoms with Gasteiger partial charge in [-0.2, -0.15) is 31.4 Å². The van der Waals surface area contributed by atoms with E-state index in [2.05, 4.69) is 33.4 Å². The molecular formula is C22H27F6N5O5. The fourth-order valence-corrected chi connectivity index (χ4v) is 3.84. The smallest absolute Gasteiger partial charge is 0.475 e. The number of hydrogen-bond acceptors (Lipinski definition) is 7. The summed E-state index contributed by atoms with van der Waals surface area (Å²) in [5.74, 6) is -3.40. The van der Waals surface area contributed by atoms with Gasteiger partial charge in [0.15, 0.2) is 0 Å². The molecule has 4 rings (SSSR count). The lowest BCUT2D eigenvalue weighted by Crippen LogP contribution is -2.27. The molecule has 10 nitrogen and oxygen atoms in total. The highest BCUT2D eigenvalue weighted by Gasteiger charge is 2.43. The lowest BCUT2D eigenvalue weighted by Gasteiger charge is -2.19. The lowest BCUT2D eigenvalue weighted by molar-refractivity contribution is -0.193. The molecule has 0 aromatic carbocycles. The first-order valence-electron chi connectivity index (χ1n) is 11.3. The van der Waals surface area contributed by atoms with Crippen LogP contribution in [0.25, 0.3) is 0 Å². The van der Waals surface area contributed by atoms with Crippen LogP contribution < -0.4 is 5.32 Å². The van der Waals surface area contributed by atoms with Crippen molar-refractivity contribution in [2.75, 3.05) is 31.6 Å². The van der Waals surface area contributed by atoms with Gasteiger partial charge in [-0.15, -0.1) is 0 Å². The molecule has 2 aromatic heterocycles. The molecule has 4 heterocycles. The van der Waals surface area contributed by atoms with E-state index < -0.39 is 24.3 Å². The van der Waals surface area contributed by atoms with Crippen molar-refractivity contribution >= 4 is 17.8 Å². The van der Waals surface area contributed by atoms with Crippen molar-refractivity contribution in [3.63, 3.8) is 0 Å². The molecule has 2 saturated heterocycles. The number of carboxylic acid groups (broad SMARTS) is 2. The molecule has 0 unspecified atom stereocenters. The first-order valence-corrected chi connectivity index (χ1v) is 11.3. The van der Waals surface area contributed by atoms with Gasteiger partial charge >= 0.3 is 24.3 Å². The lowest BCUT2D eigenvalue weighted by atomic mass is 9.93. The maximum absolute atomic E-state index is 10.6. The molecule has 0 saturated carbocycles. The number of carbonyl (C=O) groups is 2. The predicted molar refractivity (Wildman–Crippen MR) is 120 cm³/mol. The Balaban J connectivity index is 0.000000301. The van der Waals surface area contributed by atoms with Crippen LogP contribution in [0.4, 0.5) is 32.2 Å². The van der Waals surface area contributed by atoms with Gasteiger partial charge in [-0.3, -0.25) is 9.58 Å². The van der Waals surface area contributed by atoms with E-state index >= 15 is 0 Å². The summed E-state index contributed by atoms with van der Waals surface area (Å²) in [7, 11) is 0. The second-order valence-corrected chi connectivity index (χ2v) is 8.40. The zero-order valence-electron chi connectivity index (χ0n) is 20.1. The molecule has 2 aliphatic rings. The third kappa shape index (κ3) is 9.81. The average molecular weight is 555 g/mol. The second kappa shape index (κ2) is 13.4. The van der Waals surface area contributed by atoms with Crippen LogP contribution in [-0.2, 0) is 27.4 Å². The number of aryl methyl sites for hydroxylation is 1. The van der Waals surface area contributed by atoms with Crippen molar-refractivity contribution in [2.45, 2.75) is 38.5 Å². The second-order valence-electron chi connectivity index (χ2n) is 8.40. The number of aromatic nitrogens is 3. The van der Waals surface area contributed by atoms with E-state index in [0.717, 1.165) is 45.1 Å². The number of hydrogen-bond donors (Lipinski definition) is 3. The van der Waals surface area contributed by atoms with Crippen molar-refractivity contribution < 1.29 is 50.9 Å². The molecule has 0 radical (unpaired) electrons. The summed E-state index contributed by atoms with van der Waals surface area (Å²) in [6, 6.07) is 5.96. The van der Waals surface area contributed by atoms with E-state index in [1.165, 1.54) is 5.56 Å². The number of halogens is 6. The molecule has 0 aliphatic carbocycles. The fourth-order valence-electron chi connectivity index (χ4n) is 3.84. The average Bonchev–Trinajstić information content (AvgIpc) is 3.55. The molecule has 0 amide bonds. The van der Waals surface area contributed by atoms with Crippen LogP contribution in [0.2, 0.25) is 0 Å². The molecular weight excluding hydrogens is 528 g/mol. The van der Waals surface area contributed by atoms with Gasteiger partial charge in [-0.1, -0.05) is 6.07 Å². The highest BCUT2D eigenvalue weighted by molar-refractivity contribution is 5.73. The number of likely N-dealkylation sites (tertiary alicyclic amines) is 1. The normalized spacial score (nSPS) is 21.0. The summed E-state index contributed by atoms with van der Waals surface area (Å²) in [6.07, 6.45) is -3.83. The molecule has 3 N–H and O–H groups in total. The van der Waals surface area contributed by atoms with Crippen LogP contribution in [0.15, 0.2) is 36.8 Å². The van der Waals surface area contributed by atoms with Gasteiger partial charge in [-0.25, -0.2) is 14.6 Å². The number of nitrogens with zero attached hydrogens (tertiary/aromatic N) is 4. The van der Waals surface area contributed by atoms with E-state index in [1.807, 2.05) is 35.3 Å². The molecule has 212 valence electrons. The third-order valence-electron chi connectivity index (χ3n) is 5.63. The Kier molecular flexibility index (Phi) is 10.9. The Bertz CT molecular complexity index is 1010. The quantitative estimate of drug-likeness (QED) is 0.461. The van der Waals surface area contributed by atoms with E-state index in [1.54, 1.807) is 0 Å². The predicted octanol–water partition coefficient (Wildman–Crippen LogP) is 3.12. The summed E-state index contributed by atoms with van der Waals surface area (Å²) < 4.78 is 71.5. The maximum atomic E-state index is 10.6. The summed E-state index contributed by atoms with van der Waals surface area (Å²) in [5, 5.41) is 22.1. The Morgan fingerprint density at radius 1 is 1.11 bits per heavy atom. The molecule has 3 atom stereocenters. The van der Waals surface area contributed by atoms with Gasteiger partial charge < -0.3 is 20.3 Å². The van der Waals surface area contributed by atoms with Gasteiger partial charge in [0.1, 0.15) is 5.82 Å². The number of fused-ring (bicyclic) bond motifs is 1. The molecule has 2 aromatic rings. The number of rotatable bonds is 6. The third-order valence-corrected chi connectivity index (χ3v) is 5.63. The first kappa shape index (κ1) is 30.8. The minimum absolute atomic E-state index is 0.377. The van der Waals surface area contributed by atoms with Crippen LogP contribution in [0.3, 0.4) is 0 Å².